The second kappa shape index (κ2) is 5.52. The van der Waals surface area contributed by atoms with Crippen molar-refractivity contribution in [2.24, 2.45) is 0 Å². The van der Waals surface area contributed by atoms with Crippen LogP contribution in [0.5, 0.6) is 0 Å². The number of hydrogen-bond donors (Lipinski definition) is 1. The van der Waals surface area contributed by atoms with Crippen molar-refractivity contribution in [1.82, 2.24) is 0 Å². The molecule has 0 fully saturated rings. The van der Waals surface area contributed by atoms with Gasteiger partial charge in [0.25, 0.3) is 5.69 Å². The van der Waals surface area contributed by atoms with E-state index in [0.717, 1.165) is 18.9 Å². The van der Waals surface area contributed by atoms with E-state index >= 15 is 0 Å². The van der Waals surface area contributed by atoms with Gasteiger partial charge in [-0.25, -0.2) is 4.39 Å². The Kier molecular flexibility index (Phi) is 4.51. The number of nitro benzene ring substituents is 1. The standard InChI is InChI=1S/C12H16ClFN2O2/c1-4-5-12(2,3)15-10-6-8(13)9(14)7-11(10)16(17)18/h6-7,15H,4-5H2,1-3H3. The fraction of sp³-hybridized carbons (Fsp3) is 0.500. The first-order chi connectivity index (χ1) is 8.26. The summed E-state index contributed by atoms with van der Waals surface area (Å²) in [5.41, 5.74) is -0.383. The number of halogens is 2. The first kappa shape index (κ1) is 14.7. The predicted octanol–water partition coefficient (Wildman–Crippen LogP) is 4.38. The van der Waals surface area contributed by atoms with Gasteiger partial charge in [-0.3, -0.25) is 10.1 Å². The van der Waals surface area contributed by atoms with Crippen LogP contribution in [0, 0.1) is 15.9 Å². The lowest BCUT2D eigenvalue weighted by molar-refractivity contribution is -0.384. The number of benzene rings is 1. The molecule has 6 heteroatoms. The fourth-order valence-corrected chi connectivity index (χ4v) is 2.00. The highest BCUT2D eigenvalue weighted by molar-refractivity contribution is 6.31. The monoisotopic (exact) mass is 274 g/mol. The van der Waals surface area contributed by atoms with E-state index in [0.29, 0.717) is 0 Å². The van der Waals surface area contributed by atoms with Gasteiger partial charge in [-0.2, -0.15) is 0 Å². The zero-order valence-electron chi connectivity index (χ0n) is 10.6. The molecule has 0 aliphatic carbocycles. The topological polar surface area (TPSA) is 55.2 Å². The maximum Gasteiger partial charge on any atom is 0.295 e. The number of nitro groups is 1. The van der Waals surface area contributed by atoms with Gasteiger partial charge in [-0.1, -0.05) is 24.9 Å². The first-order valence-electron chi connectivity index (χ1n) is 5.68. The lowest BCUT2D eigenvalue weighted by Crippen LogP contribution is -2.30. The van der Waals surface area contributed by atoms with E-state index in [9.17, 15) is 14.5 Å². The minimum Gasteiger partial charge on any atom is -0.375 e. The molecule has 1 rings (SSSR count). The maximum absolute atomic E-state index is 13.2. The first-order valence-corrected chi connectivity index (χ1v) is 6.06. The van der Waals surface area contributed by atoms with Crippen LogP contribution in [0.2, 0.25) is 5.02 Å². The third-order valence-corrected chi connectivity index (χ3v) is 2.87. The molecule has 1 aromatic rings. The van der Waals surface area contributed by atoms with E-state index in [4.69, 9.17) is 11.6 Å². The van der Waals surface area contributed by atoms with Gasteiger partial charge in [0.1, 0.15) is 11.5 Å². The van der Waals surface area contributed by atoms with Gasteiger partial charge in [0.2, 0.25) is 0 Å². The highest BCUT2D eigenvalue weighted by Gasteiger charge is 2.23. The Balaban J connectivity index is 3.15. The summed E-state index contributed by atoms with van der Waals surface area (Å²) in [4.78, 5) is 10.3. The molecule has 0 aromatic heterocycles. The van der Waals surface area contributed by atoms with Crippen LogP contribution in [-0.2, 0) is 0 Å². The van der Waals surface area contributed by atoms with E-state index in [1.54, 1.807) is 0 Å². The van der Waals surface area contributed by atoms with Crippen molar-refractivity contribution in [1.29, 1.82) is 0 Å². The molecule has 0 unspecified atom stereocenters. The molecule has 18 heavy (non-hydrogen) atoms. The van der Waals surface area contributed by atoms with Gasteiger partial charge in [-0.05, 0) is 26.3 Å². The molecule has 100 valence electrons. The summed E-state index contributed by atoms with van der Waals surface area (Å²) >= 11 is 5.66. The summed E-state index contributed by atoms with van der Waals surface area (Å²) in [6, 6.07) is 2.10. The Hall–Kier alpha value is -1.36. The minimum atomic E-state index is -0.790. The SMILES string of the molecule is CCCC(C)(C)Nc1cc(Cl)c(F)cc1[N+](=O)[O-]. The van der Waals surface area contributed by atoms with Gasteiger partial charge in [0.15, 0.2) is 0 Å². The summed E-state index contributed by atoms with van der Waals surface area (Å²) in [6.07, 6.45) is 1.77. The molecule has 0 radical (unpaired) electrons. The van der Waals surface area contributed by atoms with Crippen LogP contribution in [-0.4, -0.2) is 10.5 Å². The van der Waals surface area contributed by atoms with Crippen molar-refractivity contribution in [2.75, 3.05) is 5.32 Å². The number of nitrogens with zero attached hydrogens (tertiary/aromatic N) is 1. The van der Waals surface area contributed by atoms with Crippen LogP contribution >= 0.6 is 11.6 Å². The van der Waals surface area contributed by atoms with Crippen molar-refractivity contribution < 1.29 is 9.31 Å². The van der Waals surface area contributed by atoms with Crippen LogP contribution in [0.4, 0.5) is 15.8 Å². The Labute approximate surface area is 110 Å². The summed E-state index contributed by atoms with van der Waals surface area (Å²) in [6.45, 7) is 5.88. The highest BCUT2D eigenvalue weighted by atomic mass is 35.5. The Morgan fingerprint density at radius 3 is 2.61 bits per heavy atom. The largest absolute Gasteiger partial charge is 0.375 e. The molecule has 0 atom stereocenters. The smallest absolute Gasteiger partial charge is 0.295 e. The Morgan fingerprint density at radius 2 is 2.11 bits per heavy atom. The Bertz CT molecular complexity index is 464. The molecule has 0 bridgehead atoms. The summed E-state index contributed by atoms with van der Waals surface area (Å²) in [5.74, 6) is -0.790. The number of nitrogens with one attached hydrogen (secondary N) is 1. The predicted molar refractivity (Wildman–Crippen MR) is 70.7 cm³/mol. The molecular formula is C12H16ClFN2O2. The van der Waals surface area contributed by atoms with E-state index in [2.05, 4.69) is 5.32 Å². The normalized spacial score (nSPS) is 11.4. The van der Waals surface area contributed by atoms with Gasteiger partial charge in [0, 0.05) is 5.54 Å². The zero-order valence-corrected chi connectivity index (χ0v) is 11.3. The van der Waals surface area contributed by atoms with Gasteiger partial charge in [-0.15, -0.1) is 0 Å². The maximum atomic E-state index is 13.2. The fourth-order valence-electron chi connectivity index (χ4n) is 1.84. The molecule has 4 nitrogen and oxygen atoms in total. The Morgan fingerprint density at radius 1 is 1.50 bits per heavy atom. The highest BCUT2D eigenvalue weighted by Crippen LogP contribution is 2.33. The van der Waals surface area contributed by atoms with E-state index in [1.165, 1.54) is 6.07 Å². The molecule has 0 saturated heterocycles. The molecule has 0 spiro atoms. The van der Waals surface area contributed by atoms with Gasteiger partial charge < -0.3 is 5.32 Å². The van der Waals surface area contributed by atoms with E-state index < -0.39 is 10.7 Å². The molecule has 0 amide bonds. The van der Waals surface area contributed by atoms with E-state index in [-0.39, 0.29) is 21.9 Å². The average molecular weight is 275 g/mol. The minimum absolute atomic E-state index is 0.129. The van der Waals surface area contributed by atoms with Crippen LogP contribution in [0.1, 0.15) is 33.6 Å². The van der Waals surface area contributed by atoms with Gasteiger partial charge in [0.05, 0.1) is 16.0 Å². The lowest BCUT2D eigenvalue weighted by Gasteiger charge is -2.27. The zero-order chi connectivity index (χ0) is 13.9. The second-order valence-corrected chi connectivity index (χ2v) is 5.21. The van der Waals surface area contributed by atoms with Crippen LogP contribution in [0.15, 0.2) is 12.1 Å². The molecule has 0 aliphatic heterocycles. The molecule has 0 aliphatic rings. The van der Waals surface area contributed by atoms with Crippen molar-refractivity contribution in [3.05, 3.63) is 33.1 Å². The van der Waals surface area contributed by atoms with Crippen LogP contribution in [0.25, 0.3) is 0 Å². The molecule has 1 aromatic carbocycles. The second-order valence-electron chi connectivity index (χ2n) is 4.80. The van der Waals surface area contributed by atoms with Crippen molar-refractivity contribution in [3.63, 3.8) is 0 Å². The summed E-state index contributed by atoms with van der Waals surface area (Å²) < 4.78 is 13.2. The summed E-state index contributed by atoms with van der Waals surface area (Å²) in [5, 5.41) is 13.8. The van der Waals surface area contributed by atoms with Crippen LogP contribution in [0.3, 0.4) is 0 Å². The third kappa shape index (κ3) is 3.57. The van der Waals surface area contributed by atoms with Crippen molar-refractivity contribution >= 4 is 23.0 Å². The van der Waals surface area contributed by atoms with Gasteiger partial charge >= 0.3 is 0 Å². The van der Waals surface area contributed by atoms with Crippen molar-refractivity contribution in [3.8, 4) is 0 Å². The average Bonchev–Trinajstić information content (AvgIpc) is 2.22. The number of anilines is 1. The number of hydrogen-bond acceptors (Lipinski definition) is 3. The molecule has 0 saturated carbocycles. The molecule has 1 N–H and O–H groups in total. The third-order valence-electron chi connectivity index (χ3n) is 2.58. The van der Waals surface area contributed by atoms with E-state index in [1.807, 2.05) is 20.8 Å². The van der Waals surface area contributed by atoms with Crippen molar-refractivity contribution in [2.45, 2.75) is 39.2 Å². The lowest BCUT2D eigenvalue weighted by atomic mass is 9.98. The quantitative estimate of drug-likeness (QED) is 0.640. The molecular weight excluding hydrogens is 259 g/mol. The van der Waals surface area contributed by atoms with Crippen LogP contribution < -0.4 is 5.32 Å². The summed E-state index contributed by atoms with van der Waals surface area (Å²) in [7, 11) is 0. The molecule has 0 heterocycles. The number of rotatable bonds is 5.